The molecule has 10 nitrogen and oxygen atoms in total. The van der Waals surface area contributed by atoms with Crippen LogP contribution < -0.4 is 20.9 Å². The van der Waals surface area contributed by atoms with E-state index in [-0.39, 0.29) is 24.8 Å². The molecular formula is C23H25N7O3S. The molecule has 4 rings (SSSR count). The molecular weight excluding hydrogens is 454 g/mol. The molecule has 34 heavy (non-hydrogen) atoms. The predicted molar refractivity (Wildman–Crippen MR) is 131 cm³/mol. The number of carbonyl (C=O) groups is 3. The molecule has 3 aromatic rings. The minimum absolute atomic E-state index is 0.00721. The van der Waals surface area contributed by atoms with Crippen LogP contribution >= 0.6 is 11.3 Å². The second-order valence-corrected chi connectivity index (χ2v) is 8.51. The third kappa shape index (κ3) is 6.29. The zero-order valence-corrected chi connectivity index (χ0v) is 19.3. The van der Waals surface area contributed by atoms with Crippen LogP contribution in [0.25, 0.3) is 0 Å². The van der Waals surface area contributed by atoms with Gasteiger partial charge in [-0.25, -0.2) is 14.8 Å². The van der Waals surface area contributed by atoms with E-state index < -0.39 is 6.03 Å². The summed E-state index contributed by atoms with van der Waals surface area (Å²) >= 11 is 1.36. The fourth-order valence-electron chi connectivity index (χ4n) is 3.50. The van der Waals surface area contributed by atoms with Crippen molar-refractivity contribution in [2.45, 2.75) is 6.42 Å². The highest BCUT2D eigenvalue weighted by atomic mass is 32.1. The van der Waals surface area contributed by atoms with Crippen LogP contribution in [0, 0.1) is 0 Å². The van der Waals surface area contributed by atoms with Crippen molar-refractivity contribution in [2.24, 2.45) is 0 Å². The largest absolute Gasteiger partial charge is 0.339 e. The van der Waals surface area contributed by atoms with Gasteiger partial charge in [-0.15, -0.1) is 11.3 Å². The molecule has 4 amide bonds. The van der Waals surface area contributed by atoms with Gasteiger partial charge in [0.1, 0.15) is 0 Å². The molecule has 0 bridgehead atoms. The van der Waals surface area contributed by atoms with E-state index in [1.807, 2.05) is 16.3 Å². The second-order valence-electron chi connectivity index (χ2n) is 7.56. The number of aromatic nitrogens is 2. The fourth-order valence-corrected chi connectivity index (χ4v) is 4.12. The lowest BCUT2D eigenvalue weighted by atomic mass is 10.2. The van der Waals surface area contributed by atoms with Crippen LogP contribution in [0.15, 0.2) is 60.2 Å². The molecule has 0 unspecified atom stereocenters. The average molecular weight is 480 g/mol. The van der Waals surface area contributed by atoms with Crippen LogP contribution in [-0.4, -0.2) is 65.4 Å². The summed E-state index contributed by atoms with van der Waals surface area (Å²) < 4.78 is 0. The van der Waals surface area contributed by atoms with Crippen LogP contribution in [0.5, 0.6) is 0 Å². The van der Waals surface area contributed by atoms with Crippen molar-refractivity contribution >= 4 is 46.5 Å². The number of piperazine rings is 1. The zero-order valence-electron chi connectivity index (χ0n) is 18.4. The van der Waals surface area contributed by atoms with Crippen LogP contribution in [0.4, 0.5) is 22.1 Å². The van der Waals surface area contributed by atoms with Gasteiger partial charge in [0.05, 0.1) is 4.88 Å². The first kappa shape index (κ1) is 23.2. The van der Waals surface area contributed by atoms with Crippen LogP contribution in [-0.2, 0) is 4.79 Å². The number of hydrogen-bond donors (Lipinski definition) is 3. The Morgan fingerprint density at radius 1 is 0.912 bits per heavy atom. The molecule has 3 N–H and O–H groups in total. The number of rotatable bonds is 7. The van der Waals surface area contributed by atoms with Crippen LogP contribution in [0.3, 0.4) is 0 Å². The summed E-state index contributed by atoms with van der Waals surface area (Å²) in [6.45, 7) is 2.74. The van der Waals surface area contributed by atoms with Crippen LogP contribution in [0.1, 0.15) is 16.1 Å². The molecule has 11 heteroatoms. The maximum atomic E-state index is 12.5. The van der Waals surface area contributed by atoms with Crippen molar-refractivity contribution in [3.05, 3.63) is 65.1 Å². The molecule has 0 spiro atoms. The molecule has 1 aliphatic rings. The Morgan fingerprint density at radius 3 is 2.35 bits per heavy atom. The highest BCUT2D eigenvalue weighted by Crippen LogP contribution is 2.17. The second kappa shape index (κ2) is 11.2. The number of thiophene rings is 1. The number of amides is 4. The van der Waals surface area contributed by atoms with E-state index >= 15 is 0 Å². The number of nitrogens with zero attached hydrogens (tertiary/aromatic N) is 4. The van der Waals surface area contributed by atoms with Crippen molar-refractivity contribution in [3.8, 4) is 0 Å². The Bertz CT molecular complexity index is 1120. The van der Waals surface area contributed by atoms with Gasteiger partial charge in [-0.05, 0) is 35.7 Å². The summed E-state index contributed by atoms with van der Waals surface area (Å²) in [6.07, 6.45) is 3.62. The summed E-state index contributed by atoms with van der Waals surface area (Å²) in [6, 6.07) is 11.8. The molecule has 1 aromatic carbocycles. The average Bonchev–Trinajstić information content (AvgIpc) is 3.40. The Kier molecular flexibility index (Phi) is 7.66. The van der Waals surface area contributed by atoms with Gasteiger partial charge in [0.25, 0.3) is 5.91 Å². The molecule has 176 valence electrons. The highest BCUT2D eigenvalue weighted by molar-refractivity contribution is 7.12. The molecule has 3 heterocycles. The van der Waals surface area contributed by atoms with E-state index in [1.165, 1.54) is 11.3 Å². The Morgan fingerprint density at radius 2 is 1.65 bits per heavy atom. The Balaban J connectivity index is 1.17. The fraction of sp³-hybridized carbons (Fsp3) is 0.261. The van der Waals surface area contributed by atoms with Crippen molar-refractivity contribution in [3.63, 3.8) is 0 Å². The van der Waals surface area contributed by atoms with Crippen molar-refractivity contribution in [1.29, 1.82) is 0 Å². The lowest BCUT2D eigenvalue weighted by Crippen LogP contribution is -2.49. The van der Waals surface area contributed by atoms with Crippen molar-refractivity contribution in [2.75, 3.05) is 48.3 Å². The van der Waals surface area contributed by atoms with Gasteiger partial charge >= 0.3 is 6.03 Å². The number of hydrogen-bond acceptors (Lipinski definition) is 7. The van der Waals surface area contributed by atoms with Gasteiger partial charge in [0, 0.05) is 62.9 Å². The minimum atomic E-state index is -0.416. The third-order valence-corrected chi connectivity index (χ3v) is 6.08. The molecule has 2 aromatic heterocycles. The highest BCUT2D eigenvalue weighted by Gasteiger charge is 2.22. The minimum Gasteiger partial charge on any atom is -0.339 e. The van der Waals surface area contributed by atoms with E-state index in [9.17, 15) is 14.4 Å². The van der Waals surface area contributed by atoms with Crippen molar-refractivity contribution < 1.29 is 14.4 Å². The van der Waals surface area contributed by atoms with Crippen molar-refractivity contribution in [1.82, 2.24) is 20.2 Å². The number of urea groups is 1. The smallest absolute Gasteiger partial charge is 0.319 e. The molecule has 0 aliphatic carbocycles. The lowest BCUT2D eigenvalue weighted by Gasteiger charge is -2.34. The summed E-state index contributed by atoms with van der Waals surface area (Å²) in [7, 11) is 0. The zero-order chi connectivity index (χ0) is 23.8. The van der Waals surface area contributed by atoms with Gasteiger partial charge in [0.2, 0.25) is 11.9 Å². The first-order valence-electron chi connectivity index (χ1n) is 10.9. The standard InChI is InChI=1S/C23H25N7O3S/c31-20(29-11-13-30(14-12-29)22-24-8-3-9-25-22)7-10-26-23(33)28-18-5-1-4-17(16-18)27-21(32)19-6-2-15-34-19/h1-6,8-9,15-16H,7,10-14H2,(H,27,32)(H2,26,28,33). The summed E-state index contributed by atoms with van der Waals surface area (Å²) in [5.41, 5.74) is 1.11. The number of anilines is 3. The van der Waals surface area contributed by atoms with E-state index in [2.05, 4.69) is 25.9 Å². The molecule has 0 radical (unpaired) electrons. The summed E-state index contributed by atoms with van der Waals surface area (Å²) in [5, 5.41) is 10.1. The van der Waals surface area contributed by atoms with Gasteiger partial charge < -0.3 is 25.8 Å². The van der Waals surface area contributed by atoms with Crippen LogP contribution in [0.2, 0.25) is 0 Å². The van der Waals surface area contributed by atoms with Gasteiger partial charge in [0.15, 0.2) is 0 Å². The van der Waals surface area contributed by atoms with E-state index in [1.54, 1.807) is 53.7 Å². The lowest BCUT2D eigenvalue weighted by molar-refractivity contribution is -0.131. The first-order valence-corrected chi connectivity index (χ1v) is 11.8. The van der Waals surface area contributed by atoms with E-state index in [0.717, 1.165) is 0 Å². The Hall–Kier alpha value is -3.99. The predicted octanol–water partition coefficient (Wildman–Crippen LogP) is 2.65. The number of benzene rings is 1. The molecule has 0 saturated carbocycles. The molecule has 0 atom stereocenters. The molecule has 1 saturated heterocycles. The quantitative estimate of drug-likeness (QED) is 0.479. The monoisotopic (exact) mass is 479 g/mol. The number of nitrogens with one attached hydrogen (secondary N) is 3. The summed E-state index contributed by atoms with van der Waals surface area (Å²) in [5.74, 6) is 0.461. The third-order valence-electron chi connectivity index (χ3n) is 5.22. The first-order chi connectivity index (χ1) is 16.6. The maximum absolute atomic E-state index is 12.5. The van der Waals surface area contributed by atoms with Gasteiger partial charge in [-0.1, -0.05) is 12.1 Å². The maximum Gasteiger partial charge on any atom is 0.319 e. The van der Waals surface area contributed by atoms with Gasteiger partial charge in [-0.2, -0.15) is 0 Å². The number of carbonyl (C=O) groups excluding carboxylic acids is 3. The van der Waals surface area contributed by atoms with Gasteiger partial charge in [-0.3, -0.25) is 9.59 Å². The van der Waals surface area contributed by atoms with E-state index in [0.29, 0.717) is 48.4 Å². The molecule has 1 fully saturated rings. The summed E-state index contributed by atoms with van der Waals surface area (Å²) in [4.78, 5) is 49.8. The molecule has 1 aliphatic heterocycles. The normalized spacial score (nSPS) is 13.3. The van der Waals surface area contributed by atoms with E-state index in [4.69, 9.17) is 0 Å². The topological polar surface area (TPSA) is 120 Å². The Labute approximate surface area is 201 Å². The SMILES string of the molecule is O=C(NCCC(=O)N1CCN(c2ncccn2)CC1)Nc1cccc(NC(=O)c2cccs2)c1.